The van der Waals surface area contributed by atoms with E-state index in [2.05, 4.69) is 5.16 Å². The Morgan fingerprint density at radius 2 is 2.58 bits per heavy atom. The molecule has 0 fully saturated rings. The van der Waals surface area contributed by atoms with Gasteiger partial charge in [0.1, 0.15) is 11.8 Å². The number of oxime groups is 1. The maximum atomic E-state index is 5.42. The Bertz CT molecular complexity index is 279. The van der Waals surface area contributed by atoms with Gasteiger partial charge in [-0.2, -0.15) is 0 Å². The Hall–Kier alpha value is -1.29. The van der Waals surface area contributed by atoms with Gasteiger partial charge in [-0.1, -0.05) is 5.16 Å². The first-order valence-corrected chi connectivity index (χ1v) is 3.87. The summed E-state index contributed by atoms with van der Waals surface area (Å²) in [5, 5.41) is 3.87. The van der Waals surface area contributed by atoms with E-state index in [0.29, 0.717) is 6.54 Å². The minimum Gasteiger partial charge on any atom is -0.463 e. The summed E-state index contributed by atoms with van der Waals surface area (Å²) in [5.41, 5.74) is 6.26. The lowest BCUT2D eigenvalue weighted by Gasteiger charge is -2.00. The largest absolute Gasteiger partial charge is 0.463 e. The second-order valence-electron chi connectivity index (χ2n) is 2.68. The highest BCUT2D eigenvalue weighted by molar-refractivity contribution is 5.98. The minimum atomic E-state index is 0.0186. The van der Waals surface area contributed by atoms with Crippen LogP contribution in [0, 0.1) is 0 Å². The topological polar surface area (TPSA) is 60.8 Å². The van der Waals surface area contributed by atoms with Gasteiger partial charge in [0, 0.05) is 13.0 Å². The normalized spacial score (nSPS) is 22.1. The summed E-state index contributed by atoms with van der Waals surface area (Å²) in [7, 11) is 0. The van der Waals surface area contributed by atoms with Crippen LogP contribution < -0.4 is 5.73 Å². The van der Waals surface area contributed by atoms with Gasteiger partial charge in [0.25, 0.3) is 0 Å². The molecule has 0 radical (unpaired) electrons. The van der Waals surface area contributed by atoms with Gasteiger partial charge in [-0.25, -0.2) is 0 Å². The Labute approximate surface area is 70.0 Å². The SMILES string of the molecule is NCC1CC(c2ccco2)=NO1. The molecule has 0 saturated carbocycles. The Morgan fingerprint density at radius 3 is 3.17 bits per heavy atom. The van der Waals surface area contributed by atoms with E-state index in [1.165, 1.54) is 0 Å². The van der Waals surface area contributed by atoms with Crippen molar-refractivity contribution >= 4 is 5.71 Å². The molecule has 0 amide bonds. The van der Waals surface area contributed by atoms with E-state index in [9.17, 15) is 0 Å². The summed E-state index contributed by atoms with van der Waals surface area (Å²) in [4.78, 5) is 5.04. The van der Waals surface area contributed by atoms with Crippen LogP contribution in [-0.4, -0.2) is 18.4 Å². The minimum absolute atomic E-state index is 0.0186. The van der Waals surface area contributed by atoms with Gasteiger partial charge < -0.3 is 15.0 Å². The number of furan rings is 1. The van der Waals surface area contributed by atoms with Crippen molar-refractivity contribution in [2.75, 3.05) is 6.54 Å². The van der Waals surface area contributed by atoms with E-state index >= 15 is 0 Å². The average Bonchev–Trinajstić information content (AvgIpc) is 2.75. The second-order valence-corrected chi connectivity index (χ2v) is 2.68. The highest BCUT2D eigenvalue weighted by atomic mass is 16.6. The predicted octanol–water partition coefficient (Wildman–Crippen LogP) is 0.731. The van der Waals surface area contributed by atoms with Crippen LogP contribution in [-0.2, 0) is 4.84 Å². The highest BCUT2D eigenvalue weighted by Crippen LogP contribution is 2.15. The molecule has 2 rings (SSSR count). The van der Waals surface area contributed by atoms with Crippen molar-refractivity contribution in [2.24, 2.45) is 10.9 Å². The number of nitrogens with zero attached hydrogens (tertiary/aromatic N) is 1. The van der Waals surface area contributed by atoms with Gasteiger partial charge in [-0.05, 0) is 12.1 Å². The number of rotatable bonds is 2. The fraction of sp³-hybridized carbons (Fsp3) is 0.375. The van der Waals surface area contributed by atoms with Gasteiger partial charge in [-0.15, -0.1) is 0 Å². The Balaban J connectivity index is 2.09. The average molecular weight is 166 g/mol. The molecule has 1 aliphatic heterocycles. The molecule has 0 spiro atoms. The molecular formula is C8H10N2O2. The van der Waals surface area contributed by atoms with Gasteiger partial charge in [0.2, 0.25) is 0 Å². The molecular weight excluding hydrogens is 156 g/mol. The number of hydrogen-bond acceptors (Lipinski definition) is 4. The summed E-state index contributed by atoms with van der Waals surface area (Å²) < 4.78 is 5.16. The van der Waals surface area contributed by atoms with Crippen LogP contribution in [0.4, 0.5) is 0 Å². The molecule has 12 heavy (non-hydrogen) atoms. The Morgan fingerprint density at radius 1 is 1.67 bits per heavy atom. The molecule has 0 bridgehead atoms. The van der Waals surface area contributed by atoms with Gasteiger partial charge in [0.15, 0.2) is 5.76 Å². The molecule has 4 nitrogen and oxygen atoms in total. The molecule has 1 unspecified atom stereocenters. The van der Waals surface area contributed by atoms with E-state index < -0.39 is 0 Å². The lowest BCUT2D eigenvalue weighted by Crippen LogP contribution is -2.19. The summed E-state index contributed by atoms with van der Waals surface area (Å²) in [6.07, 6.45) is 2.38. The van der Waals surface area contributed by atoms with Crippen LogP contribution in [0.25, 0.3) is 0 Å². The molecule has 2 heterocycles. The first-order chi connectivity index (χ1) is 5.90. The molecule has 1 aromatic heterocycles. The molecule has 0 aromatic carbocycles. The Kier molecular flexibility index (Phi) is 1.83. The third-order valence-electron chi connectivity index (χ3n) is 1.80. The van der Waals surface area contributed by atoms with Crippen LogP contribution in [0.2, 0.25) is 0 Å². The lowest BCUT2D eigenvalue weighted by atomic mass is 10.1. The third-order valence-corrected chi connectivity index (χ3v) is 1.80. The maximum absolute atomic E-state index is 5.42. The zero-order valence-corrected chi connectivity index (χ0v) is 6.56. The third kappa shape index (κ3) is 1.21. The zero-order valence-electron chi connectivity index (χ0n) is 6.56. The standard InChI is InChI=1S/C8H10N2O2/c9-5-6-4-7(10-12-6)8-2-1-3-11-8/h1-3,6H,4-5,9H2. The molecule has 64 valence electrons. The van der Waals surface area contributed by atoms with E-state index in [0.717, 1.165) is 17.9 Å². The van der Waals surface area contributed by atoms with Gasteiger partial charge in [-0.3, -0.25) is 0 Å². The quantitative estimate of drug-likeness (QED) is 0.704. The number of nitrogens with two attached hydrogens (primary N) is 1. The first kappa shape index (κ1) is 7.36. The first-order valence-electron chi connectivity index (χ1n) is 3.87. The van der Waals surface area contributed by atoms with Crippen LogP contribution in [0.5, 0.6) is 0 Å². The van der Waals surface area contributed by atoms with Crippen LogP contribution in [0.3, 0.4) is 0 Å². The van der Waals surface area contributed by atoms with Gasteiger partial charge in [0.05, 0.1) is 6.26 Å². The fourth-order valence-corrected chi connectivity index (χ4v) is 1.14. The molecule has 1 aliphatic rings. The van der Waals surface area contributed by atoms with Gasteiger partial charge >= 0.3 is 0 Å². The summed E-state index contributed by atoms with van der Waals surface area (Å²) >= 11 is 0. The van der Waals surface area contributed by atoms with Crippen molar-refractivity contribution in [2.45, 2.75) is 12.5 Å². The van der Waals surface area contributed by atoms with E-state index in [1.54, 1.807) is 6.26 Å². The predicted molar refractivity (Wildman–Crippen MR) is 43.8 cm³/mol. The van der Waals surface area contributed by atoms with Crippen molar-refractivity contribution in [3.05, 3.63) is 24.2 Å². The summed E-state index contributed by atoms with van der Waals surface area (Å²) in [6, 6.07) is 3.69. The van der Waals surface area contributed by atoms with Crippen molar-refractivity contribution < 1.29 is 9.25 Å². The van der Waals surface area contributed by atoms with Crippen LogP contribution in [0.15, 0.2) is 28.0 Å². The van der Waals surface area contributed by atoms with Crippen LogP contribution in [0.1, 0.15) is 12.2 Å². The van der Waals surface area contributed by atoms with Crippen molar-refractivity contribution in [3.8, 4) is 0 Å². The lowest BCUT2D eigenvalue weighted by molar-refractivity contribution is 0.0918. The van der Waals surface area contributed by atoms with Crippen molar-refractivity contribution in [1.29, 1.82) is 0 Å². The molecule has 1 aromatic rings. The van der Waals surface area contributed by atoms with E-state index in [4.69, 9.17) is 15.0 Å². The van der Waals surface area contributed by atoms with Crippen LogP contribution >= 0.6 is 0 Å². The molecule has 0 aliphatic carbocycles. The van der Waals surface area contributed by atoms with Crippen molar-refractivity contribution in [1.82, 2.24) is 0 Å². The summed E-state index contributed by atoms with van der Waals surface area (Å²) in [6.45, 7) is 0.494. The molecule has 0 saturated heterocycles. The van der Waals surface area contributed by atoms with Crippen molar-refractivity contribution in [3.63, 3.8) is 0 Å². The number of hydrogen-bond donors (Lipinski definition) is 1. The molecule has 4 heteroatoms. The second kappa shape index (κ2) is 2.98. The molecule has 1 atom stereocenters. The zero-order chi connectivity index (χ0) is 8.39. The fourth-order valence-electron chi connectivity index (χ4n) is 1.14. The maximum Gasteiger partial charge on any atom is 0.151 e. The summed E-state index contributed by atoms with van der Waals surface area (Å²) in [5.74, 6) is 0.769. The highest BCUT2D eigenvalue weighted by Gasteiger charge is 2.21. The van der Waals surface area contributed by atoms with E-state index in [-0.39, 0.29) is 6.10 Å². The monoisotopic (exact) mass is 166 g/mol. The van der Waals surface area contributed by atoms with E-state index in [1.807, 2.05) is 12.1 Å². The molecule has 2 N–H and O–H groups in total. The smallest absolute Gasteiger partial charge is 0.151 e.